The van der Waals surface area contributed by atoms with Crippen molar-refractivity contribution in [3.63, 3.8) is 0 Å². The zero-order chi connectivity index (χ0) is 18.4. The Hall–Kier alpha value is -2.57. The van der Waals surface area contributed by atoms with Crippen LogP contribution in [0.25, 0.3) is 0 Å². The van der Waals surface area contributed by atoms with Gasteiger partial charge >= 0.3 is 0 Å². The molecule has 138 valence electrons. The maximum absolute atomic E-state index is 12.8. The first-order valence-electron chi connectivity index (χ1n) is 8.95. The van der Waals surface area contributed by atoms with Gasteiger partial charge in [-0.25, -0.2) is 5.01 Å². The molecule has 2 aromatic rings. The lowest BCUT2D eigenvalue weighted by Gasteiger charge is -2.29. The number of hydrogen-bond donors (Lipinski definition) is 0. The molecule has 2 aromatic carbocycles. The Kier molecular flexibility index (Phi) is 4.02. The molecule has 0 radical (unpaired) electrons. The highest BCUT2D eigenvalue weighted by Crippen LogP contribution is 2.37. The van der Waals surface area contributed by atoms with Gasteiger partial charge in [0.2, 0.25) is 6.79 Å². The fourth-order valence-electron chi connectivity index (χ4n) is 3.77. The van der Waals surface area contributed by atoms with Gasteiger partial charge in [0.15, 0.2) is 11.5 Å². The summed E-state index contributed by atoms with van der Waals surface area (Å²) in [4.78, 5) is 15.2. The molecule has 0 saturated carbocycles. The second-order valence-corrected chi connectivity index (χ2v) is 7.39. The molecule has 5 rings (SSSR count). The molecule has 1 unspecified atom stereocenters. The van der Waals surface area contributed by atoms with E-state index in [4.69, 9.17) is 21.1 Å². The van der Waals surface area contributed by atoms with Crippen LogP contribution in [0.4, 0.5) is 5.69 Å². The number of hydrazone groups is 1. The van der Waals surface area contributed by atoms with Gasteiger partial charge in [0.25, 0.3) is 5.91 Å². The van der Waals surface area contributed by atoms with Crippen molar-refractivity contribution in [1.82, 2.24) is 4.90 Å². The van der Waals surface area contributed by atoms with Crippen molar-refractivity contribution in [3.05, 3.63) is 53.1 Å². The summed E-state index contributed by atoms with van der Waals surface area (Å²) in [6.07, 6.45) is 0.784. The Morgan fingerprint density at radius 1 is 1.11 bits per heavy atom. The number of ether oxygens (including phenoxy) is 2. The van der Waals surface area contributed by atoms with Crippen LogP contribution in [0.2, 0.25) is 5.02 Å². The third-order valence-electron chi connectivity index (χ3n) is 5.18. The van der Waals surface area contributed by atoms with Gasteiger partial charge < -0.3 is 9.47 Å². The molecule has 3 aliphatic rings. The number of benzene rings is 2. The number of hydrogen-bond acceptors (Lipinski definition) is 5. The first kappa shape index (κ1) is 16.6. The number of carbonyl (C=O) groups excluding carboxylic acids is 1. The molecular formula is C20H18ClN3O3. The van der Waals surface area contributed by atoms with E-state index in [9.17, 15) is 4.79 Å². The molecule has 0 N–H and O–H groups in total. The minimum atomic E-state index is -0.128. The van der Waals surface area contributed by atoms with Gasteiger partial charge in [0.1, 0.15) is 0 Å². The standard InChI is InChI=1S/C20H18ClN3O3/c21-14-3-1-13(2-4-14)10-23-8-7-16-17(11-23)22-24(20(16)25)15-5-6-18-19(9-15)27-12-26-18/h1-6,9,16H,7-8,10-12H2. The van der Waals surface area contributed by atoms with Crippen molar-refractivity contribution in [2.45, 2.75) is 13.0 Å². The van der Waals surface area contributed by atoms with Crippen molar-refractivity contribution in [1.29, 1.82) is 0 Å². The molecule has 1 fully saturated rings. The van der Waals surface area contributed by atoms with Crippen molar-refractivity contribution in [2.24, 2.45) is 11.0 Å². The van der Waals surface area contributed by atoms with Crippen LogP contribution in [0.3, 0.4) is 0 Å². The van der Waals surface area contributed by atoms with E-state index in [2.05, 4.69) is 10.0 Å². The Labute approximate surface area is 161 Å². The zero-order valence-electron chi connectivity index (χ0n) is 14.6. The molecule has 0 bridgehead atoms. The number of amides is 1. The lowest BCUT2D eigenvalue weighted by Crippen LogP contribution is -2.41. The maximum Gasteiger partial charge on any atom is 0.256 e. The largest absolute Gasteiger partial charge is 0.454 e. The predicted octanol–water partition coefficient (Wildman–Crippen LogP) is 3.29. The van der Waals surface area contributed by atoms with Crippen LogP contribution in [-0.4, -0.2) is 36.4 Å². The second kappa shape index (κ2) is 6.55. The van der Waals surface area contributed by atoms with Crippen molar-refractivity contribution >= 4 is 28.9 Å². The summed E-state index contributed by atoms with van der Waals surface area (Å²) in [5.74, 6) is 1.26. The Balaban J connectivity index is 1.34. The van der Waals surface area contributed by atoms with Gasteiger partial charge in [-0.05, 0) is 36.2 Å². The molecule has 7 heteroatoms. The van der Waals surface area contributed by atoms with Crippen LogP contribution in [0.5, 0.6) is 11.5 Å². The molecule has 0 aliphatic carbocycles. The fourth-order valence-corrected chi connectivity index (χ4v) is 3.90. The summed E-state index contributed by atoms with van der Waals surface area (Å²) in [6.45, 7) is 2.60. The molecule has 6 nitrogen and oxygen atoms in total. The summed E-state index contributed by atoms with van der Waals surface area (Å²) in [5, 5.41) is 6.88. The van der Waals surface area contributed by atoms with Crippen LogP contribution in [0, 0.1) is 5.92 Å². The Morgan fingerprint density at radius 3 is 2.78 bits per heavy atom. The fraction of sp³-hybridized carbons (Fsp3) is 0.300. The Bertz CT molecular complexity index is 929. The quantitative estimate of drug-likeness (QED) is 0.816. The van der Waals surface area contributed by atoms with E-state index >= 15 is 0 Å². The van der Waals surface area contributed by atoms with Crippen LogP contribution in [0.1, 0.15) is 12.0 Å². The summed E-state index contributed by atoms with van der Waals surface area (Å²) in [5.41, 5.74) is 2.85. The number of rotatable bonds is 3. The van der Waals surface area contributed by atoms with E-state index in [1.54, 1.807) is 0 Å². The number of likely N-dealkylation sites (tertiary alicyclic amines) is 1. The number of fused-ring (bicyclic) bond motifs is 2. The van der Waals surface area contributed by atoms with E-state index in [1.165, 1.54) is 10.6 Å². The highest BCUT2D eigenvalue weighted by Gasteiger charge is 2.40. The number of nitrogens with zero attached hydrogens (tertiary/aromatic N) is 3. The lowest BCUT2D eigenvalue weighted by molar-refractivity contribution is -0.120. The molecule has 1 amide bonds. The molecule has 0 spiro atoms. The number of halogens is 1. The molecule has 27 heavy (non-hydrogen) atoms. The van der Waals surface area contributed by atoms with E-state index in [0.29, 0.717) is 18.0 Å². The summed E-state index contributed by atoms with van der Waals surface area (Å²) < 4.78 is 10.8. The number of carbonyl (C=O) groups is 1. The zero-order valence-corrected chi connectivity index (χ0v) is 15.4. The van der Waals surface area contributed by atoms with Crippen LogP contribution >= 0.6 is 11.6 Å². The lowest BCUT2D eigenvalue weighted by atomic mass is 9.94. The van der Waals surface area contributed by atoms with Crippen LogP contribution in [-0.2, 0) is 11.3 Å². The maximum atomic E-state index is 12.8. The van der Waals surface area contributed by atoms with E-state index in [-0.39, 0.29) is 18.6 Å². The monoisotopic (exact) mass is 383 g/mol. The Morgan fingerprint density at radius 2 is 1.93 bits per heavy atom. The van der Waals surface area contributed by atoms with Crippen molar-refractivity contribution in [3.8, 4) is 11.5 Å². The van der Waals surface area contributed by atoms with Crippen molar-refractivity contribution < 1.29 is 14.3 Å². The third-order valence-corrected chi connectivity index (χ3v) is 5.43. The topological polar surface area (TPSA) is 54.4 Å². The van der Waals surface area contributed by atoms with Crippen molar-refractivity contribution in [2.75, 3.05) is 24.9 Å². The molecule has 3 aliphatic heterocycles. The first-order valence-corrected chi connectivity index (χ1v) is 9.33. The molecule has 1 saturated heterocycles. The molecular weight excluding hydrogens is 366 g/mol. The van der Waals surface area contributed by atoms with Gasteiger partial charge in [-0.1, -0.05) is 23.7 Å². The minimum absolute atomic E-state index is 0.0370. The predicted molar refractivity (Wildman–Crippen MR) is 102 cm³/mol. The highest BCUT2D eigenvalue weighted by atomic mass is 35.5. The third kappa shape index (κ3) is 3.05. The van der Waals surface area contributed by atoms with Crippen LogP contribution < -0.4 is 14.5 Å². The summed E-state index contributed by atoms with van der Waals surface area (Å²) >= 11 is 5.96. The second-order valence-electron chi connectivity index (χ2n) is 6.96. The molecule has 0 aromatic heterocycles. The van der Waals surface area contributed by atoms with E-state index in [1.807, 2.05) is 42.5 Å². The van der Waals surface area contributed by atoms with Crippen LogP contribution in [0.15, 0.2) is 47.6 Å². The number of piperidine rings is 1. The van der Waals surface area contributed by atoms with Gasteiger partial charge in [-0.3, -0.25) is 9.69 Å². The van der Waals surface area contributed by atoms with Gasteiger partial charge in [0.05, 0.1) is 17.3 Å². The highest BCUT2D eigenvalue weighted by molar-refractivity contribution is 6.30. The SMILES string of the molecule is O=C1C2CCN(Cc3ccc(Cl)cc3)CC2=NN1c1ccc2c(c1)OCO2. The van der Waals surface area contributed by atoms with Gasteiger partial charge in [-0.15, -0.1) is 0 Å². The average Bonchev–Trinajstić information content (AvgIpc) is 3.27. The van der Waals surface area contributed by atoms with E-state index < -0.39 is 0 Å². The molecule has 1 atom stereocenters. The summed E-state index contributed by atoms with van der Waals surface area (Å²) in [6, 6.07) is 13.4. The minimum Gasteiger partial charge on any atom is -0.454 e. The summed E-state index contributed by atoms with van der Waals surface area (Å²) in [7, 11) is 0. The molecule has 3 heterocycles. The van der Waals surface area contributed by atoms with Gasteiger partial charge in [-0.2, -0.15) is 5.10 Å². The van der Waals surface area contributed by atoms with Gasteiger partial charge in [0, 0.05) is 30.7 Å². The first-order chi connectivity index (χ1) is 13.2. The average molecular weight is 384 g/mol. The smallest absolute Gasteiger partial charge is 0.256 e. The normalized spacial score (nSPS) is 21.4. The van der Waals surface area contributed by atoms with E-state index in [0.717, 1.165) is 35.9 Å². The number of anilines is 1.